The second-order valence-corrected chi connectivity index (χ2v) is 7.37. The number of morpholine rings is 1. The number of nitrogen functional groups attached to an aromatic ring is 1. The fourth-order valence-corrected chi connectivity index (χ4v) is 4.42. The molecule has 0 saturated carbocycles. The van der Waals surface area contributed by atoms with E-state index in [9.17, 15) is 8.42 Å². The minimum absolute atomic E-state index is 0.0818. The molecular weight excluding hydrogens is 288 g/mol. The topological polar surface area (TPSA) is 72.6 Å². The van der Waals surface area contributed by atoms with Gasteiger partial charge in [0, 0.05) is 12.2 Å². The maximum absolute atomic E-state index is 12.7. The number of ether oxygens (including phenoxy) is 1. The normalized spacial score (nSPS) is 20.4. The van der Waals surface area contributed by atoms with Gasteiger partial charge in [-0.1, -0.05) is 11.6 Å². The summed E-state index contributed by atoms with van der Waals surface area (Å²) < 4.78 is 32.1. The van der Waals surface area contributed by atoms with Gasteiger partial charge in [-0.25, -0.2) is 8.42 Å². The molecule has 1 fully saturated rings. The first kappa shape index (κ1) is 14.6. The van der Waals surface area contributed by atoms with Gasteiger partial charge in [0.05, 0.1) is 23.8 Å². The van der Waals surface area contributed by atoms with Crippen LogP contribution in [0.5, 0.6) is 0 Å². The zero-order valence-electron chi connectivity index (χ0n) is 10.9. The average molecular weight is 305 g/mol. The minimum atomic E-state index is -3.65. The number of hydrogen-bond donors (Lipinski definition) is 1. The highest BCUT2D eigenvalue weighted by molar-refractivity contribution is 7.89. The third-order valence-electron chi connectivity index (χ3n) is 3.09. The summed E-state index contributed by atoms with van der Waals surface area (Å²) in [6, 6.07) is 4.42. The van der Waals surface area contributed by atoms with E-state index in [0.717, 1.165) is 0 Å². The molecule has 1 heterocycles. The Labute approximate surface area is 118 Å². The van der Waals surface area contributed by atoms with Crippen LogP contribution >= 0.6 is 11.6 Å². The van der Waals surface area contributed by atoms with Crippen LogP contribution in [-0.4, -0.2) is 38.0 Å². The van der Waals surface area contributed by atoms with Gasteiger partial charge in [-0.3, -0.25) is 0 Å². The maximum Gasteiger partial charge on any atom is 0.245 e. The van der Waals surface area contributed by atoms with Gasteiger partial charge in [-0.15, -0.1) is 0 Å². The Bertz CT molecular complexity index is 587. The molecule has 2 N–H and O–H groups in total. The molecule has 0 atom stereocenters. The van der Waals surface area contributed by atoms with Crippen LogP contribution in [0.4, 0.5) is 5.69 Å². The minimum Gasteiger partial charge on any atom is -0.399 e. The Morgan fingerprint density at radius 1 is 1.42 bits per heavy atom. The monoisotopic (exact) mass is 304 g/mol. The molecule has 0 unspecified atom stereocenters. The van der Waals surface area contributed by atoms with E-state index >= 15 is 0 Å². The highest BCUT2D eigenvalue weighted by Crippen LogP contribution is 2.31. The van der Waals surface area contributed by atoms with Crippen LogP contribution in [0.15, 0.2) is 23.1 Å². The number of nitrogens with zero attached hydrogens (tertiary/aromatic N) is 1. The number of rotatable bonds is 2. The molecule has 0 amide bonds. The predicted molar refractivity (Wildman–Crippen MR) is 74.7 cm³/mol. The van der Waals surface area contributed by atoms with Gasteiger partial charge in [0.1, 0.15) is 4.90 Å². The highest BCUT2D eigenvalue weighted by atomic mass is 35.5. The predicted octanol–water partition coefficient (Wildman–Crippen LogP) is 1.72. The van der Waals surface area contributed by atoms with Crippen molar-refractivity contribution in [2.75, 3.05) is 25.5 Å². The Morgan fingerprint density at radius 2 is 2.11 bits per heavy atom. The molecule has 1 saturated heterocycles. The molecule has 1 aromatic carbocycles. The molecule has 1 aromatic rings. The number of anilines is 1. The van der Waals surface area contributed by atoms with Crippen molar-refractivity contribution in [3.05, 3.63) is 23.2 Å². The quantitative estimate of drug-likeness (QED) is 0.844. The fourth-order valence-electron chi connectivity index (χ4n) is 2.13. The lowest BCUT2D eigenvalue weighted by atomic mass is 10.1. The van der Waals surface area contributed by atoms with Gasteiger partial charge >= 0.3 is 0 Å². The molecule has 0 aliphatic carbocycles. The van der Waals surface area contributed by atoms with E-state index in [-0.39, 0.29) is 9.92 Å². The van der Waals surface area contributed by atoms with Gasteiger partial charge in [0.15, 0.2) is 0 Å². The summed E-state index contributed by atoms with van der Waals surface area (Å²) in [5.41, 5.74) is 5.43. The van der Waals surface area contributed by atoms with Crippen molar-refractivity contribution in [1.82, 2.24) is 4.31 Å². The van der Waals surface area contributed by atoms with Crippen LogP contribution in [0.1, 0.15) is 13.8 Å². The van der Waals surface area contributed by atoms with Crippen molar-refractivity contribution < 1.29 is 13.2 Å². The number of halogens is 1. The van der Waals surface area contributed by atoms with Crippen LogP contribution in [0.25, 0.3) is 0 Å². The summed E-state index contributed by atoms with van der Waals surface area (Å²) >= 11 is 6.01. The first-order valence-corrected chi connectivity index (χ1v) is 7.72. The summed E-state index contributed by atoms with van der Waals surface area (Å²) in [5, 5.41) is 0.141. The third-order valence-corrected chi connectivity index (χ3v) is 5.69. The lowest BCUT2D eigenvalue weighted by Crippen LogP contribution is -2.55. The molecule has 0 radical (unpaired) electrons. The van der Waals surface area contributed by atoms with E-state index in [1.54, 1.807) is 0 Å². The van der Waals surface area contributed by atoms with E-state index < -0.39 is 15.6 Å². The average Bonchev–Trinajstić information content (AvgIpc) is 2.27. The number of nitrogens with two attached hydrogens (primary N) is 1. The van der Waals surface area contributed by atoms with Crippen LogP contribution in [0, 0.1) is 0 Å². The second kappa shape index (κ2) is 4.94. The number of sulfonamides is 1. The summed E-state index contributed by atoms with van der Waals surface area (Å²) in [5.74, 6) is 0. The Balaban J connectivity index is 2.47. The lowest BCUT2D eigenvalue weighted by molar-refractivity contribution is -0.00770. The number of benzene rings is 1. The molecule has 1 aliphatic rings. The molecular formula is C12H17ClN2O3S. The summed E-state index contributed by atoms with van der Waals surface area (Å²) in [6.45, 7) is 4.72. The Hall–Kier alpha value is -0.820. The second-order valence-electron chi connectivity index (χ2n) is 5.13. The third kappa shape index (κ3) is 2.72. The first-order valence-electron chi connectivity index (χ1n) is 5.91. The van der Waals surface area contributed by atoms with E-state index in [4.69, 9.17) is 22.1 Å². The van der Waals surface area contributed by atoms with E-state index in [1.807, 2.05) is 13.8 Å². The number of hydrogen-bond acceptors (Lipinski definition) is 4. The van der Waals surface area contributed by atoms with Crippen LogP contribution in [-0.2, 0) is 14.8 Å². The van der Waals surface area contributed by atoms with Crippen molar-refractivity contribution in [1.29, 1.82) is 0 Å². The lowest BCUT2D eigenvalue weighted by Gasteiger charge is -2.40. The van der Waals surface area contributed by atoms with Crippen molar-refractivity contribution in [3.8, 4) is 0 Å². The summed E-state index contributed by atoms with van der Waals surface area (Å²) in [4.78, 5) is 0.0818. The van der Waals surface area contributed by atoms with E-state index in [2.05, 4.69) is 0 Å². The van der Waals surface area contributed by atoms with Crippen molar-refractivity contribution in [2.24, 2.45) is 0 Å². The summed E-state index contributed by atoms with van der Waals surface area (Å²) in [6.07, 6.45) is 0. The van der Waals surface area contributed by atoms with Crippen molar-refractivity contribution in [3.63, 3.8) is 0 Å². The Morgan fingerprint density at radius 3 is 2.68 bits per heavy atom. The maximum atomic E-state index is 12.7. The van der Waals surface area contributed by atoms with Crippen molar-refractivity contribution in [2.45, 2.75) is 24.3 Å². The molecule has 0 aromatic heterocycles. The Kier molecular flexibility index (Phi) is 3.79. The molecule has 7 heteroatoms. The molecule has 106 valence electrons. The van der Waals surface area contributed by atoms with E-state index in [1.165, 1.54) is 22.5 Å². The van der Waals surface area contributed by atoms with Gasteiger partial charge in [-0.05, 0) is 32.0 Å². The fraction of sp³-hybridized carbons (Fsp3) is 0.500. The van der Waals surface area contributed by atoms with Gasteiger partial charge in [0.2, 0.25) is 10.0 Å². The van der Waals surface area contributed by atoms with Crippen LogP contribution < -0.4 is 5.73 Å². The smallest absolute Gasteiger partial charge is 0.245 e. The largest absolute Gasteiger partial charge is 0.399 e. The van der Waals surface area contributed by atoms with Crippen LogP contribution in [0.3, 0.4) is 0 Å². The van der Waals surface area contributed by atoms with Crippen LogP contribution in [0.2, 0.25) is 5.02 Å². The molecule has 19 heavy (non-hydrogen) atoms. The highest BCUT2D eigenvalue weighted by Gasteiger charge is 2.40. The van der Waals surface area contributed by atoms with E-state index in [0.29, 0.717) is 25.4 Å². The van der Waals surface area contributed by atoms with Gasteiger partial charge in [-0.2, -0.15) is 4.31 Å². The molecule has 2 rings (SSSR count). The van der Waals surface area contributed by atoms with Gasteiger partial charge < -0.3 is 10.5 Å². The SMILES string of the molecule is CC1(C)COCCN1S(=O)(=O)c1ccc(N)cc1Cl. The zero-order valence-corrected chi connectivity index (χ0v) is 12.5. The molecule has 1 aliphatic heterocycles. The molecule has 0 bridgehead atoms. The molecule has 5 nitrogen and oxygen atoms in total. The summed E-state index contributed by atoms with van der Waals surface area (Å²) in [7, 11) is -3.65. The standard InChI is InChI=1S/C12H17ClN2O3S/c1-12(2)8-18-6-5-15(12)19(16,17)11-4-3-9(14)7-10(11)13/h3-4,7H,5-6,8,14H2,1-2H3. The van der Waals surface area contributed by atoms with Gasteiger partial charge in [0.25, 0.3) is 0 Å². The zero-order chi connectivity index (χ0) is 14.3. The first-order chi connectivity index (χ1) is 8.75. The van der Waals surface area contributed by atoms with Crippen molar-refractivity contribution >= 4 is 27.3 Å². The molecule has 0 spiro atoms.